The zero-order valence-electron chi connectivity index (χ0n) is 33.0. The molecule has 0 unspecified atom stereocenters. The Morgan fingerprint density at radius 2 is 0.904 bits per heavy atom. The fourth-order valence-electron chi connectivity index (χ4n) is 9.88. The summed E-state index contributed by atoms with van der Waals surface area (Å²) in [5, 5.41) is 0. The third kappa shape index (κ3) is 12.0. The second kappa shape index (κ2) is 21.0. The maximum atomic E-state index is 5.67. The summed E-state index contributed by atoms with van der Waals surface area (Å²) in [7, 11) is 11.3. The molecule has 3 saturated carbocycles. The van der Waals surface area contributed by atoms with Crippen LogP contribution in [-0.2, 0) is 13.5 Å². The van der Waals surface area contributed by atoms with Crippen molar-refractivity contribution in [1.82, 2.24) is 0 Å². The van der Waals surface area contributed by atoms with Gasteiger partial charge in [0.1, 0.15) is 0 Å². The second-order valence-corrected chi connectivity index (χ2v) is 25.3. The Kier molecular flexibility index (Phi) is 16.8. The molecule has 0 atom stereocenters. The normalized spacial score (nSPS) is 18.8. The third-order valence-electron chi connectivity index (χ3n) is 11.8. The van der Waals surface area contributed by atoms with Gasteiger partial charge in [0.05, 0.1) is 17.0 Å². The first-order chi connectivity index (χ1) is 25.1. The average Bonchev–Trinajstić information content (AvgIpc) is 3.58. The van der Waals surface area contributed by atoms with Gasteiger partial charge >= 0.3 is 79.4 Å². The van der Waals surface area contributed by atoms with Crippen LogP contribution < -0.4 is 0 Å². The van der Waals surface area contributed by atoms with E-state index in [-0.39, 0.29) is 7.92 Å². The standard InChI is InChI=1S/C21H26N2.C18H33P.C7H6.2ClH.Ru/c1-14-9-16(3)20(17(4)10-14)22-7-8-23(13-22)21-18(5)11-15(2)12-19(21)6;1-4-10-16(11-5-1)19(17-12-6-2-7-13-17)18-14-8-3-9-15-18;1-7-5-3-2-4-6-7;;;/h9-12H,7-8H2,1-6H3;16-18H,1-15H2;1-6H;2*1H;/q+2;;;;;+2/p-1. The molecule has 3 aliphatic carbocycles. The van der Waals surface area contributed by atoms with Gasteiger partial charge in [-0.1, -0.05) is 39.5 Å². The summed E-state index contributed by atoms with van der Waals surface area (Å²) in [4.78, 5) is 0. The van der Waals surface area contributed by atoms with E-state index in [1.807, 2.05) is 34.9 Å². The molecule has 0 N–H and O–H groups in total. The summed E-state index contributed by atoms with van der Waals surface area (Å²) >= 11 is -1.61. The first-order valence-electron chi connectivity index (χ1n) is 20.3. The molecule has 0 aromatic heterocycles. The SMILES string of the molecule is C1CCC([PH+](C2CCCCC2)C2CCCCC2)CC1.Cc1cc(C)c([N+]2=C=[N+](c3c(C)cc(C)cc3C)CC2)c(C)c1.[Cl][Ru]([Cl])=[CH]c1ccccc1. The second-order valence-electron chi connectivity index (χ2n) is 16.1. The Morgan fingerprint density at radius 1 is 0.558 bits per heavy atom. The fraction of sp³-hybridized carbons (Fsp3) is 0.565. The van der Waals surface area contributed by atoms with Crippen LogP contribution >= 0.6 is 27.3 Å². The Hall–Kier alpha value is -1.46. The predicted molar refractivity (Wildman–Crippen MR) is 228 cm³/mol. The van der Waals surface area contributed by atoms with Crippen molar-refractivity contribution in [3.05, 3.63) is 93.5 Å². The molecule has 3 aromatic rings. The zero-order chi connectivity index (χ0) is 37.0. The Morgan fingerprint density at radius 3 is 1.23 bits per heavy atom. The molecule has 0 spiro atoms. The third-order valence-corrected chi connectivity index (χ3v) is 18.3. The maximum absolute atomic E-state index is 5.67. The van der Waals surface area contributed by atoms with Crippen LogP contribution in [0.4, 0.5) is 11.4 Å². The average molecular weight is 850 g/mol. The number of aryl methyl sites for hydroxylation is 6. The molecule has 0 radical (unpaired) electrons. The van der Waals surface area contributed by atoms with E-state index in [1.54, 1.807) is 96.3 Å². The molecule has 0 bridgehead atoms. The van der Waals surface area contributed by atoms with Crippen molar-refractivity contribution in [3.63, 3.8) is 0 Å². The van der Waals surface area contributed by atoms with E-state index in [0.29, 0.717) is 0 Å². The van der Waals surface area contributed by atoms with Gasteiger partial charge in [-0.05, 0) is 143 Å². The van der Waals surface area contributed by atoms with Gasteiger partial charge in [-0.3, -0.25) is 0 Å². The molecule has 1 aliphatic heterocycles. The molecule has 3 fully saturated rings. The molecular weight excluding hydrogens is 783 g/mol. The van der Waals surface area contributed by atoms with Crippen LogP contribution in [0.25, 0.3) is 0 Å². The number of hydrogen-bond donors (Lipinski definition) is 0. The van der Waals surface area contributed by atoms with Crippen LogP contribution in [0.5, 0.6) is 0 Å². The van der Waals surface area contributed by atoms with Crippen molar-refractivity contribution in [1.29, 1.82) is 0 Å². The molecule has 52 heavy (non-hydrogen) atoms. The molecule has 284 valence electrons. The van der Waals surface area contributed by atoms with Gasteiger partial charge < -0.3 is 0 Å². The molecule has 1 heterocycles. The summed E-state index contributed by atoms with van der Waals surface area (Å²) < 4.78 is 6.49. The van der Waals surface area contributed by atoms with Crippen molar-refractivity contribution in [2.45, 2.75) is 155 Å². The van der Waals surface area contributed by atoms with Crippen LogP contribution in [0, 0.1) is 41.5 Å². The van der Waals surface area contributed by atoms with Gasteiger partial charge in [-0.25, -0.2) is 0 Å². The predicted octanol–water partition coefficient (Wildman–Crippen LogP) is 13.7. The quantitative estimate of drug-likeness (QED) is 0.132. The number of rotatable bonds is 6. The van der Waals surface area contributed by atoms with Crippen LogP contribution in [0.3, 0.4) is 0 Å². The van der Waals surface area contributed by atoms with E-state index in [9.17, 15) is 0 Å². The first-order valence-corrected chi connectivity index (χ1v) is 27.5. The van der Waals surface area contributed by atoms with E-state index in [2.05, 4.69) is 81.0 Å². The van der Waals surface area contributed by atoms with Crippen LogP contribution in [0.15, 0.2) is 54.6 Å². The Balaban J connectivity index is 0.000000162. The summed E-state index contributed by atoms with van der Waals surface area (Å²) in [5.41, 5.74) is 15.4. The van der Waals surface area contributed by atoms with Crippen LogP contribution in [0.1, 0.15) is 135 Å². The van der Waals surface area contributed by atoms with E-state index in [0.717, 1.165) is 18.7 Å². The summed E-state index contributed by atoms with van der Waals surface area (Å²) in [6.45, 7) is 15.1. The number of benzene rings is 3. The van der Waals surface area contributed by atoms with Gasteiger partial charge in [0.2, 0.25) is 24.5 Å². The summed E-state index contributed by atoms with van der Waals surface area (Å²) in [6.07, 6.45) is 23.8. The van der Waals surface area contributed by atoms with E-state index >= 15 is 0 Å². The van der Waals surface area contributed by atoms with Gasteiger partial charge in [0, 0.05) is 30.2 Å². The summed E-state index contributed by atoms with van der Waals surface area (Å²) in [6, 6.07) is 22.5. The van der Waals surface area contributed by atoms with Crippen molar-refractivity contribution in [2.75, 3.05) is 13.1 Å². The van der Waals surface area contributed by atoms with Crippen molar-refractivity contribution in [2.24, 2.45) is 0 Å². The topological polar surface area (TPSA) is 6.02 Å². The van der Waals surface area contributed by atoms with E-state index in [4.69, 9.17) is 19.4 Å². The van der Waals surface area contributed by atoms with E-state index in [1.165, 1.54) is 61.7 Å². The van der Waals surface area contributed by atoms with Gasteiger partial charge in [-0.2, -0.15) is 0 Å². The Labute approximate surface area is 331 Å². The number of nitrogens with zero attached hydrogens (tertiary/aromatic N) is 2. The van der Waals surface area contributed by atoms with Crippen molar-refractivity contribution < 1.29 is 22.7 Å². The van der Waals surface area contributed by atoms with Crippen LogP contribution in [0.2, 0.25) is 0 Å². The van der Waals surface area contributed by atoms with Gasteiger partial charge in [0.25, 0.3) is 0 Å². The summed E-state index contributed by atoms with van der Waals surface area (Å²) in [5.74, 6) is 0. The van der Waals surface area contributed by atoms with Crippen molar-refractivity contribution in [3.8, 4) is 0 Å². The zero-order valence-corrected chi connectivity index (χ0v) is 37.3. The number of hydrogen-bond acceptors (Lipinski definition) is 0. The Bertz CT molecular complexity index is 1550. The van der Waals surface area contributed by atoms with E-state index < -0.39 is 13.5 Å². The molecule has 4 aliphatic rings. The molecule has 6 heteroatoms. The van der Waals surface area contributed by atoms with Crippen LogP contribution in [-0.4, -0.2) is 49.8 Å². The molecule has 0 amide bonds. The minimum atomic E-state index is -1.61. The molecule has 7 rings (SSSR count). The molecular formula is C46H66Cl2N2PRu+3. The molecule has 3 aromatic carbocycles. The van der Waals surface area contributed by atoms with Gasteiger partial charge in [-0.15, -0.1) is 0 Å². The molecule has 0 saturated heterocycles. The molecule has 2 nitrogen and oxygen atoms in total. The monoisotopic (exact) mass is 849 g/mol. The fourth-order valence-corrected chi connectivity index (χ4v) is 16.9. The first kappa shape index (κ1) is 41.7. The minimum absolute atomic E-state index is 0.0465. The van der Waals surface area contributed by atoms with Gasteiger partial charge in [0.15, 0.2) is 0 Å². The number of halogens is 2. The van der Waals surface area contributed by atoms with Crippen molar-refractivity contribution >= 4 is 49.3 Å².